The summed E-state index contributed by atoms with van der Waals surface area (Å²) in [6.45, 7) is 1.45. The maximum atomic E-state index is 6.77. The van der Waals surface area contributed by atoms with E-state index in [2.05, 4.69) is 4.74 Å². The summed E-state index contributed by atoms with van der Waals surface area (Å²) in [4.78, 5) is 0. The average molecular weight is 135 g/mol. The number of nitrogens with one attached hydrogen (secondary N) is 2. The van der Waals surface area contributed by atoms with Crippen molar-refractivity contribution in [2.24, 2.45) is 0 Å². The van der Waals surface area contributed by atoms with Crippen molar-refractivity contribution in [2.45, 2.75) is 6.92 Å². The molecule has 0 aliphatic heterocycles. The van der Waals surface area contributed by atoms with E-state index in [1.54, 1.807) is 0 Å². The van der Waals surface area contributed by atoms with Gasteiger partial charge in [0.1, 0.15) is 0 Å². The molecule has 0 rings (SSSR count). The van der Waals surface area contributed by atoms with Crippen LogP contribution in [0.25, 0.3) is 0 Å². The lowest BCUT2D eigenvalue weighted by molar-refractivity contribution is 0.527. The van der Waals surface area contributed by atoms with Crippen LogP contribution in [-0.4, -0.2) is 17.7 Å². The summed E-state index contributed by atoms with van der Waals surface area (Å²) in [5.74, 6) is -0.0641. The Morgan fingerprint density at radius 2 is 2.12 bits per heavy atom. The third-order valence-corrected chi connectivity index (χ3v) is 0.640. The van der Waals surface area contributed by atoms with Crippen LogP contribution in [0.4, 0.5) is 0 Å². The van der Waals surface area contributed by atoms with E-state index in [9.17, 15) is 0 Å². The van der Waals surface area contributed by atoms with Gasteiger partial charge in [-0.25, -0.2) is 0 Å². The molecule has 0 aliphatic carbocycles. The smallest absolute Gasteiger partial charge is 0.203 e. The number of hydrogen-bond donors (Lipinski definition) is 2. The predicted molar refractivity (Wildman–Crippen MR) is 32.9 cm³/mol. The Hall–Kier alpha value is -0.570. The van der Waals surface area contributed by atoms with E-state index < -0.39 is 0 Å². The minimum atomic E-state index is -0.0841. The highest BCUT2D eigenvalue weighted by Gasteiger charge is 1.93. The van der Waals surface area contributed by atoms with E-state index in [1.165, 1.54) is 6.92 Å². The number of halogens is 1. The molecule has 0 radical (unpaired) electrons. The van der Waals surface area contributed by atoms with Gasteiger partial charge in [-0.05, 0) is 0 Å². The maximum Gasteiger partial charge on any atom is 0.203 e. The number of rotatable bonds is 1. The summed E-state index contributed by atoms with van der Waals surface area (Å²) in [7, 11) is 0. The van der Waals surface area contributed by atoms with E-state index in [4.69, 9.17) is 22.4 Å². The van der Waals surface area contributed by atoms with Crippen LogP contribution >= 0.6 is 11.6 Å². The van der Waals surface area contributed by atoms with Crippen LogP contribution in [0.3, 0.4) is 0 Å². The molecule has 0 heterocycles. The van der Waals surface area contributed by atoms with Crippen molar-refractivity contribution in [3.8, 4) is 0 Å². The second-order valence-electron chi connectivity index (χ2n) is 1.22. The molecule has 0 spiro atoms. The molecule has 0 saturated carbocycles. The van der Waals surface area contributed by atoms with Crippen LogP contribution in [0.1, 0.15) is 6.92 Å². The minimum absolute atomic E-state index is 0.00403. The molecular formula is C4H7ClN2O. The summed E-state index contributed by atoms with van der Waals surface area (Å²) in [6.07, 6.45) is 0. The first-order chi connectivity index (χ1) is 3.66. The van der Waals surface area contributed by atoms with E-state index >= 15 is 0 Å². The first kappa shape index (κ1) is 7.43. The van der Waals surface area contributed by atoms with E-state index in [-0.39, 0.29) is 17.7 Å². The predicted octanol–water partition coefficient (Wildman–Crippen LogP) is 1.22. The van der Waals surface area contributed by atoms with Gasteiger partial charge in [0.15, 0.2) is 5.90 Å². The highest BCUT2D eigenvalue weighted by molar-refractivity contribution is 6.27. The number of ether oxygens (including phenoxy) is 1. The fourth-order valence-corrected chi connectivity index (χ4v) is 0.267. The first-order valence-corrected chi connectivity index (χ1v) is 2.56. The second-order valence-corrected chi connectivity index (χ2v) is 1.48. The molecule has 2 N–H and O–H groups in total. The largest absolute Gasteiger partial charge is 0.429 e. The Bertz CT molecular complexity index is 113. The molecule has 0 aromatic carbocycles. The first-order valence-electron chi connectivity index (χ1n) is 2.03. The van der Waals surface area contributed by atoms with Crippen molar-refractivity contribution < 1.29 is 4.74 Å². The van der Waals surface area contributed by atoms with Gasteiger partial charge in [0.25, 0.3) is 0 Å². The molecule has 0 amide bonds. The lowest BCUT2D eigenvalue weighted by atomic mass is 10.7. The van der Waals surface area contributed by atoms with Gasteiger partial charge in [-0.3, -0.25) is 10.8 Å². The number of alkyl halides is 1. The second kappa shape index (κ2) is 3.43. The van der Waals surface area contributed by atoms with E-state index in [1.807, 2.05) is 0 Å². The quantitative estimate of drug-likeness (QED) is 0.316. The zero-order valence-corrected chi connectivity index (χ0v) is 5.25. The molecule has 0 atom stereocenters. The van der Waals surface area contributed by atoms with E-state index in [0.717, 1.165) is 0 Å². The van der Waals surface area contributed by atoms with Gasteiger partial charge in [0.2, 0.25) is 5.90 Å². The lowest BCUT2D eigenvalue weighted by Crippen LogP contribution is -2.07. The lowest BCUT2D eigenvalue weighted by Gasteiger charge is -1.97. The van der Waals surface area contributed by atoms with Crippen molar-refractivity contribution in [3.05, 3.63) is 0 Å². The highest BCUT2D eigenvalue weighted by Crippen LogP contribution is 1.83. The van der Waals surface area contributed by atoms with Crippen LogP contribution in [0.2, 0.25) is 0 Å². The molecule has 0 aromatic rings. The molecular weight excluding hydrogens is 128 g/mol. The Kier molecular flexibility index (Phi) is 3.19. The molecule has 0 bridgehead atoms. The van der Waals surface area contributed by atoms with Crippen LogP contribution < -0.4 is 0 Å². The van der Waals surface area contributed by atoms with Crippen molar-refractivity contribution in [2.75, 3.05) is 5.88 Å². The molecule has 3 nitrogen and oxygen atoms in total. The van der Waals surface area contributed by atoms with Crippen LogP contribution in [0.5, 0.6) is 0 Å². The summed E-state index contributed by atoms with van der Waals surface area (Å²) in [5, 5.41) is 13.5. The third kappa shape index (κ3) is 3.61. The summed E-state index contributed by atoms with van der Waals surface area (Å²) >= 11 is 5.15. The summed E-state index contributed by atoms with van der Waals surface area (Å²) in [5.41, 5.74) is 0. The molecule has 0 unspecified atom stereocenters. The fourth-order valence-electron chi connectivity index (χ4n) is 0.212. The Balaban J connectivity index is 3.40. The molecule has 0 saturated heterocycles. The van der Waals surface area contributed by atoms with Gasteiger partial charge in [-0.2, -0.15) is 0 Å². The SMILES string of the molecule is CC(=N)OC(=N)CCl. The minimum Gasteiger partial charge on any atom is -0.429 e. The zero-order chi connectivity index (χ0) is 6.57. The van der Waals surface area contributed by atoms with Crippen molar-refractivity contribution in [1.82, 2.24) is 0 Å². The monoisotopic (exact) mass is 134 g/mol. The molecule has 46 valence electrons. The molecule has 0 aliphatic rings. The topological polar surface area (TPSA) is 56.9 Å². The summed E-state index contributed by atoms with van der Waals surface area (Å²) < 4.78 is 4.43. The van der Waals surface area contributed by atoms with Crippen LogP contribution in [0.15, 0.2) is 0 Å². The standard InChI is InChI=1S/C4H7ClN2O/c1-3(6)8-4(7)2-5/h6-7H,2H2,1H3. The fraction of sp³-hybridized carbons (Fsp3) is 0.500. The van der Waals surface area contributed by atoms with Gasteiger partial charge < -0.3 is 4.74 Å². The van der Waals surface area contributed by atoms with Crippen LogP contribution in [0, 0.1) is 10.8 Å². The Morgan fingerprint density at radius 1 is 1.62 bits per heavy atom. The van der Waals surface area contributed by atoms with Crippen molar-refractivity contribution >= 4 is 23.4 Å². The summed E-state index contributed by atoms with van der Waals surface area (Å²) in [6, 6.07) is 0. The van der Waals surface area contributed by atoms with Crippen molar-refractivity contribution in [1.29, 1.82) is 10.8 Å². The number of hydrogen-bond acceptors (Lipinski definition) is 3. The Labute approximate surface area is 52.6 Å². The molecule has 4 heteroatoms. The average Bonchev–Trinajstić information content (AvgIpc) is 1.65. The van der Waals surface area contributed by atoms with Crippen molar-refractivity contribution in [3.63, 3.8) is 0 Å². The molecule has 8 heavy (non-hydrogen) atoms. The van der Waals surface area contributed by atoms with Gasteiger partial charge in [-0.15, -0.1) is 11.6 Å². The van der Waals surface area contributed by atoms with Gasteiger partial charge in [0.05, 0.1) is 5.88 Å². The van der Waals surface area contributed by atoms with Crippen LogP contribution in [-0.2, 0) is 4.74 Å². The van der Waals surface area contributed by atoms with Gasteiger partial charge in [-0.1, -0.05) is 0 Å². The van der Waals surface area contributed by atoms with Gasteiger partial charge in [0, 0.05) is 6.92 Å². The molecule has 0 fully saturated rings. The normalized spacial score (nSPS) is 8.25. The Morgan fingerprint density at radius 3 is 2.25 bits per heavy atom. The highest BCUT2D eigenvalue weighted by atomic mass is 35.5. The third-order valence-electron chi connectivity index (χ3n) is 0.398. The zero-order valence-electron chi connectivity index (χ0n) is 4.49. The van der Waals surface area contributed by atoms with E-state index in [0.29, 0.717) is 0 Å². The maximum absolute atomic E-state index is 6.77. The van der Waals surface area contributed by atoms with Gasteiger partial charge >= 0.3 is 0 Å². The molecule has 0 aromatic heterocycles.